The van der Waals surface area contributed by atoms with Crippen molar-refractivity contribution < 1.29 is 4.79 Å². The van der Waals surface area contributed by atoms with Gasteiger partial charge in [0.2, 0.25) is 0 Å². The summed E-state index contributed by atoms with van der Waals surface area (Å²) in [6, 6.07) is 5.28. The van der Waals surface area contributed by atoms with Gasteiger partial charge in [-0.05, 0) is 56.2 Å². The maximum atomic E-state index is 12.2. The highest BCUT2D eigenvalue weighted by atomic mass is 16.2. The molecule has 0 saturated carbocycles. The van der Waals surface area contributed by atoms with Gasteiger partial charge < -0.3 is 9.80 Å². The molecule has 0 unspecified atom stereocenters. The molecule has 1 amide bonds. The van der Waals surface area contributed by atoms with Gasteiger partial charge in [-0.3, -0.25) is 4.79 Å². The van der Waals surface area contributed by atoms with Crippen molar-refractivity contribution in [3.05, 3.63) is 29.6 Å². The second-order valence-electron chi connectivity index (χ2n) is 6.22. The number of likely N-dealkylation sites (tertiary alicyclic amines) is 1. The van der Waals surface area contributed by atoms with Crippen LogP contribution in [0.5, 0.6) is 0 Å². The quantitative estimate of drug-likeness (QED) is 0.777. The van der Waals surface area contributed by atoms with Crippen molar-refractivity contribution in [3.8, 4) is 0 Å². The number of amides is 1. The smallest absolute Gasteiger partial charge is 0.272 e. The Morgan fingerprint density at radius 2 is 1.77 bits per heavy atom. The molecule has 0 bridgehead atoms. The van der Waals surface area contributed by atoms with E-state index in [1.165, 1.54) is 0 Å². The molecule has 142 valence electrons. The molecule has 0 N–H and O–H groups in total. The third-order valence-electron chi connectivity index (χ3n) is 4.51. The maximum Gasteiger partial charge on any atom is 0.272 e. The van der Waals surface area contributed by atoms with Crippen LogP contribution in [-0.2, 0) is 5.34 Å². The molecule has 4 nitrogen and oxygen atoms in total. The zero-order valence-electron chi connectivity index (χ0n) is 17.7. The summed E-state index contributed by atoms with van der Waals surface area (Å²) in [4.78, 5) is 20.3. The number of carbonyl (C=O) groups excluding carboxylic acids is 1. The van der Waals surface area contributed by atoms with Gasteiger partial charge in [-0.2, -0.15) is 0 Å². The van der Waals surface area contributed by atoms with E-state index in [0.717, 1.165) is 25.9 Å². The molecule has 2 rings (SSSR count). The van der Waals surface area contributed by atoms with E-state index in [-0.39, 0.29) is 5.91 Å². The first kappa shape index (κ1) is 24.7. The lowest BCUT2D eigenvalue weighted by atomic mass is 9.58. The topological polar surface area (TPSA) is 36.4 Å². The van der Waals surface area contributed by atoms with Crippen LogP contribution in [0.25, 0.3) is 0 Å². The number of aromatic nitrogens is 1. The van der Waals surface area contributed by atoms with Gasteiger partial charge in [0.05, 0.1) is 15.7 Å². The van der Waals surface area contributed by atoms with Gasteiger partial charge in [0, 0.05) is 19.3 Å². The van der Waals surface area contributed by atoms with E-state index in [1.54, 1.807) is 30.1 Å². The third kappa shape index (κ3) is 6.46. The van der Waals surface area contributed by atoms with E-state index in [9.17, 15) is 4.79 Å². The van der Waals surface area contributed by atoms with Crippen LogP contribution in [0, 0.1) is 5.92 Å². The van der Waals surface area contributed by atoms with Gasteiger partial charge in [-0.15, -0.1) is 0 Å². The average Bonchev–Trinajstić information content (AvgIpc) is 2.70. The van der Waals surface area contributed by atoms with E-state index in [4.69, 9.17) is 15.7 Å². The van der Waals surface area contributed by atoms with Gasteiger partial charge in [0.15, 0.2) is 0 Å². The Kier molecular flexibility index (Phi) is 11.6. The van der Waals surface area contributed by atoms with Crippen LogP contribution in [0.1, 0.15) is 70.6 Å². The molecule has 1 aliphatic heterocycles. The molecule has 1 fully saturated rings. The normalized spacial score (nSPS) is 15.2. The number of rotatable bonds is 4. The third-order valence-corrected chi connectivity index (χ3v) is 4.51. The Balaban J connectivity index is 0.00000146. The predicted octanol–water partition coefficient (Wildman–Crippen LogP) is 3.41. The van der Waals surface area contributed by atoms with Crippen LogP contribution in [0.2, 0.25) is 0 Å². The highest BCUT2D eigenvalue weighted by molar-refractivity contribution is 6.39. The van der Waals surface area contributed by atoms with Crippen molar-refractivity contribution in [1.29, 1.82) is 0 Å². The summed E-state index contributed by atoms with van der Waals surface area (Å²) in [5.74, 6) is 0.582. The van der Waals surface area contributed by atoms with Crippen molar-refractivity contribution in [3.63, 3.8) is 0 Å². The Morgan fingerprint density at radius 3 is 2.27 bits per heavy atom. The first-order chi connectivity index (χ1) is 12.4. The van der Waals surface area contributed by atoms with Gasteiger partial charge in [-0.1, -0.05) is 40.7 Å². The van der Waals surface area contributed by atoms with E-state index in [1.807, 2.05) is 39.5 Å². The maximum absolute atomic E-state index is 12.2. The largest absolute Gasteiger partial charge is 0.341 e. The lowest BCUT2D eigenvalue weighted by molar-refractivity contribution is 0.0795. The van der Waals surface area contributed by atoms with Crippen molar-refractivity contribution in [2.75, 3.05) is 26.7 Å². The van der Waals surface area contributed by atoms with E-state index in [2.05, 4.69) is 11.9 Å². The van der Waals surface area contributed by atoms with Gasteiger partial charge in [-0.25, -0.2) is 4.98 Å². The molecule has 1 aromatic heterocycles. The lowest BCUT2D eigenvalue weighted by Gasteiger charge is -2.43. The molecule has 1 aromatic rings. The van der Waals surface area contributed by atoms with Crippen LogP contribution >= 0.6 is 0 Å². The van der Waals surface area contributed by atoms with Gasteiger partial charge in [0.25, 0.3) is 5.91 Å². The Labute approximate surface area is 163 Å². The molecule has 4 radical (unpaired) electrons. The number of hydrogen-bond acceptors (Lipinski definition) is 3. The average molecular weight is 355 g/mol. The molecular weight excluding hydrogens is 320 g/mol. The fourth-order valence-corrected chi connectivity index (χ4v) is 2.66. The minimum Gasteiger partial charge on any atom is -0.341 e. The lowest BCUT2D eigenvalue weighted by Crippen LogP contribution is -2.51. The number of hydrogen-bond donors (Lipinski definition) is 0. The molecule has 6 heteroatoms. The van der Waals surface area contributed by atoms with Crippen LogP contribution in [0.4, 0.5) is 0 Å². The highest BCUT2D eigenvalue weighted by Gasteiger charge is 2.31. The second kappa shape index (κ2) is 12.2. The zero-order chi connectivity index (χ0) is 20.3. The standard InChI is InChI=1S/C16H23B2N3O.2C2H6/c1-4-20(3)15(22)13-6-5-7-14(19-13)16(17,18)21-10-8-12(2)9-11-21;2*1-2/h5-7,12H,4,8-11H2,1-3H3;2*1-2H3. The van der Waals surface area contributed by atoms with Crippen LogP contribution in [-0.4, -0.2) is 63.1 Å². The van der Waals surface area contributed by atoms with Crippen LogP contribution < -0.4 is 0 Å². The Hall–Kier alpha value is -1.29. The fourth-order valence-electron chi connectivity index (χ4n) is 2.66. The summed E-state index contributed by atoms with van der Waals surface area (Å²) in [5.41, 5.74) is 0.921. The molecule has 0 atom stereocenters. The minimum absolute atomic E-state index is 0.118. The summed E-state index contributed by atoms with van der Waals surface area (Å²) < 4.78 is 0. The summed E-state index contributed by atoms with van der Waals surface area (Å²) in [6.07, 6.45) is 2.15. The number of carbonyl (C=O) groups is 1. The summed E-state index contributed by atoms with van der Waals surface area (Å²) in [5, 5.41) is -1.14. The second-order valence-corrected chi connectivity index (χ2v) is 6.22. The monoisotopic (exact) mass is 355 g/mol. The van der Waals surface area contributed by atoms with Gasteiger partial charge in [0.1, 0.15) is 5.69 Å². The van der Waals surface area contributed by atoms with Crippen molar-refractivity contribution in [1.82, 2.24) is 14.8 Å². The number of nitrogens with zero attached hydrogens (tertiary/aromatic N) is 3. The van der Waals surface area contributed by atoms with E-state index in [0.29, 0.717) is 23.9 Å². The molecule has 26 heavy (non-hydrogen) atoms. The van der Waals surface area contributed by atoms with Crippen LogP contribution in [0.3, 0.4) is 0 Å². The summed E-state index contributed by atoms with van der Waals surface area (Å²) >= 11 is 0. The van der Waals surface area contributed by atoms with E-state index >= 15 is 0 Å². The molecule has 0 spiro atoms. The van der Waals surface area contributed by atoms with E-state index < -0.39 is 5.34 Å². The molecular formula is C20H35B2N3O. The first-order valence-electron chi connectivity index (χ1n) is 9.92. The Morgan fingerprint density at radius 1 is 1.23 bits per heavy atom. The fraction of sp³-hybridized carbons (Fsp3) is 0.700. The summed E-state index contributed by atoms with van der Waals surface area (Å²) in [6.45, 7) is 14.5. The molecule has 0 aromatic carbocycles. The highest BCUT2D eigenvalue weighted by Crippen LogP contribution is 2.26. The Bertz CT molecular complexity index is 530. The minimum atomic E-state index is -1.14. The summed E-state index contributed by atoms with van der Waals surface area (Å²) in [7, 11) is 14.5. The number of piperidine rings is 1. The molecule has 0 aliphatic carbocycles. The predicted molar refractivity (Wildman–Crippen MR) is 113 cm³/mol. The number of pyridine rings is 1. The SMILES string of the molecule is CC.CC.[B]C([B])(c1cccc(C(=O)N(C)CC)n1)N1CCC(C)CC1. The zero-order valence-corrected chi connectivity index (χ0v) is 17.7. The van der Waals surface area contributed by atoms with Crippen molar-refractivity contribution >= 4 is 21.6 Å². The van der Waals surface area contributed by atoms with Crippen molar-refractivity contribution in [2.45, 2.75) is 59.7 Å². The molecule has 1 aliphatic rings. The van der Waals surface area contributed by atoms with Crippen LogP contribution in [0.15, 0.2) is 18.2 Å². The molecule has 2 heterocycles. The first-order valence-corrected chi connectivity index (χ1v) is 9.92. The van der Waals surface area contributed by atoms with Gasteiger partial charge >= 0.3 is 0 Å². The van der Waals surface area contributed by atoms with Crippen molar-refractivity contribution in [2.24, 2.45) is 5.92 Å². The molecule has 1 saturated heterocycles.